The summed E-state index contributed by atoms with van der Waals surface area (Å²) in [5.74, 6) is 1.55. The second-order valence-electron chi connectivity index (χ2n) is 7.59. The van der Waals surface area contributed by atoms with E-state index in [9.17, 15) is 0 Å². The maximum atomic E-state index is 4.83. The number of aliphatic imine (C=N–C) groups is 1. The van der Waals surface area contributed by atoms with E-state index in [0.717, 1.165) is 30.8 Å². The maximum absolute atomic E-state index is 4.83. The summed E-state index contributed by atoms with van der Waals surface area (Å²) in [6.45, 7) is 8.24. The van der Waals surface area contributed by atoms with Crippen molar-refractivity contribution in [2.24, 2.45) is 10.9 Å². The van der Waals surface area contributed by atoms with E-state index in [-0.39, 0.29) is 24.0 Å². The zero-order valence-electron chi connectivity index (χ0n) is 16.2. The number of halogens is 1. The number of benzene rings is 1. The number of hydrogen-bond donors (Lipinski definition) is 2. The van der Waals surface area contributed by atoms with Crippen LogP contribution in [-0.4, -0.2) is 47.6 Å². The monoisotopic (exact) mass is 479 g/mol. The highest BCUT2D eigenvalue weighted by molar-refractivity contribution is 14.0. The first-order valence-electron chi connectivity index (χ1n) is 9.86. The van der Waals surface area contributed by atoms with Crippen LogP contribution in [0.4, 0.5) is 0 Å². The molecule has 4 rings (SSSR count). The van der Waals surface area contributed by atoms with E-state index in [1.807, 2.05) is 6.20 Å². The van der Waals surface area contributed by atoms with Crippen molar-refractivity contribution in [2.75, 3.05) is 19.6 Å². The number of hydrogen-bond acceptors (Lipinski definition) is 3. The van der Waals surface area contributed by atoms with Crippen LogP contribution in [0.3, 0.4) is 0 Å². The van der Waals surface area contributed by atoms with Crippen molar-refractivity contribution in [1.82, 2.24) is 20.5 Å². The van der Waals surface area contributed by atoms with Gasteiger partial charge >= 0.3 is 0 Å². The summed E-state index contributed by atoms with van der Waals surface area (Å²) in [5, 5.41) is 9.47. The van der Waals surface area contributed by atoms with Gasteiger partial charge in [0, 0.05) is 43.3 Å². The Kier molecular flexibility index (Phi) is 6.92. The highest BCUT2D eigenvalue weighted by atomic mass is 127. The maximum Gasteiger partial charge on any atom is 0.191 e. The second kappa shape index (κ2) is 9.19. The van der Waals surface area contributed by atoms with Crippen molar-refractivity contribution in [2.45, 2.75) is 45.3 Å². The third-order valence-corrected chi connectivity index (χ3v) is 5.51. The van der Waals surface area contributed by atoms with Crippen molar-refractivity contribution >= 4 is 40.7 Å². The lowest BCUT2D eigenvalue weighted by Gasteiger charge is -2.20. The molecule has 2 aliphatic rings. The second-order valence-corrected chi connectivity index (χ2v) is 7.59. The van der Waals surface area contributed by atoms with Gasteiger partial charge in [-0.25, -0.2) is 4.99 Å². The number of nitrogens with zero attached hydrogens (tertiary/aromatic N) is 3. The minimum atomic E-state index is 0. The van der Waals surface area contributed by atoms with Gasteiger partial charge in [-0.05, 0) is 37.1 Å². The molecule has 1 saturated heterocycles. The lowest BCUT2D eigenvalue weighted by molar-refractivity contribution is 0.315. The zero-order valence-corrected chi connectivity index (χ0v) is 18.5. The molecule has 0 radical (unpaired) electrons. The topological polar surface area (TPSA) is 52.6 Å². The zero-order chi connectivity index (χ0) is 17.9. The largest absolute Gasteiger partial charge is 0.357 e. The molecule has 1 aliphatic carbocycles. The van der Waals surface area contributed by atoms with Crippen molar-refractivity contribution in [1.29, 1.82) is 0 Å². The number of guanidine groups is 1. The molecule has 2 N–H and O–H groups in total. The summed E-state index contributed by atoms with van der Waals surface area (Å²) in [4.78, 5) is 12.0. The molecule has 5 nitrogen and oxygen atoms in total. The first-order chi connectivity index (χ1) is 12.7. The fraction of sp³-hybridized carbons (Fsp3) is 0.524. The highest BCUT2D eigenvalue weighted by Gasteiger charge is 2.38. The molecule has 2 unspecified atom stereocenters. The molecule has 0 spiro atoms. The normalized spacial score (nSPS) is 23.3. The first-order valence-corrected chi connectivity index (χ1v) is 9.86. The SMILES string of the molecule is CCNC(=NCc1nccc2ccccc12)NC1CN(C2CC2)CC1C.I. The van der Waals surface area contributed by atoms with E-state index < -0.39 is 0 Å². The third-order valence-electron chi connectivity index (χ3n) is 5.51. The predicted molar refractivity (Wildman–Crippen MR) is 123 cm³/mol. The minimum absolute atomic E-state index is 0. The molecule has 1 aromatic carbocycles. The Bertz CT molecular complexity index is 784. The van der Waals surface area contributed by atoms with Crippen LogP contribution in [0.5, 0.6) is 0 Å². The standard InChI is InChI=1S/C21H29N5.HI/c1-3-22-21(25-20-14-26(13-15(20)2)17-8-9-17)24-12-19-18-7-5-4-6-16(18)10-11-23-19;/h4-7,10-11,15,17,20H,3,8-9,12-14H2,1-2H3,(H2,22,24,25);1H. The molecular formula is C21H30IN5. The van der Waals surface area contributed by atoms with E-state index in [1.165, 1.54) is 30.2 Å². The summed E-state index contributed by atoms with van der Waals surface area (Å²) in [5.41, 5.74) is 1.03. The van der Waals surface area contributed by atoms with E-state index >= 15 is 0 Å². The fourth-order valence-corrected chi connectivity index (χ4v) is 3.89. The highest BCUT2D eigenvalue weighted by Crippen LogP contribution is 2.31. The van der Waals surface area contributed by atoms with Crippen LogP contribution in [0.15, 0.2) is 41.5 Å². The van der Waals surface area contributed by atoms with Crippen LogP contribution in [-0.2, 0) is 6.54 Å². The van der Waals surface area contributed by atoms with Gasteiger partial charge in [-0.3, -0.25) is 9.88 Å². The van der Waals surface area contributed by atoms with Gasteiger partial charge in [-0.15, -0.1) is 24.0 Å². The van der Waals surface area contributed by atoms with Crippen LogP contribution in [0, 0.1) is 5.92 Å². The van der Waals surface area contributed by atoms with Gasteiger partial charge in [0.15, 0.2) is 5.96 Å². The Hall–Kier alpha value is -1.41. The number of pyridine rings is 1. The van der Waals surface area contributed by atoms with Gasteiger partial charge < -0.3 is 10.6 Å². The summed E-state index contributed by atoms with van der Waals surface area (Å²) >= 11 is 0. The predicted octanol–water partition coefficient (Wildman–Crippen LogP) is 3.39. The van der Waals surface area contributed by atoms with Gasteiger partial charge in [-0.1, -0.05) is 31.2 Å². The number of nitrogens with one attached hydrogen (secondary N) is 2. The van der Waals surface area contributed by atoms with Crippen LogP contribution in [0.2, 0.25) is 0 Å². The lowest BCUT2D eigenvalue weighted by Crippen LogP contribution is -2.46. The molecule has 2 heterocycles. The lowest BCUT2D eigenvalue weighted by atomic mass is 10.1. The Balaban J connectivity index is 0.00000210. The smallest absolute Gasteiger partial charge is 0.191 e. The van der Waals surface area contributed by atoms with Crippen LogP contribution < -0.4 is 10.6 Å². The molecule has 27 heavy (non-hydrogen) atoms. The van der Waals surface area contributed by atoms with Crippen molar-refractivity contribution in [3.8, 4) is 0 Å². The molecule has 1 saturated carbocycles. The molecule has 0 amide bonds. The average Bonchev–Trinajstić information content (AvgIpc) is 3.44. The molecule has 146 valence electrons. The summed E-state index contributed by atoms with van der Waals surface area (Å²) in [7, 11) is 0. The Labute approximate surface area is 179 Å². The first kappa shape index (κ1) is 20.3. The van der Waals surface area contributed by atoms with Crippen molar-refractivity contribution in [3.63, 3.8) is 0 Å². The van der Waals surface area contributed by atoms with Crippen LogP contribution >= 0.6 is 24.0 Å². The third kappa shape index (κ3) is 4.90. The quantitative estimate of drug-likeness (QED) is 0.392. The van der Waals surface area contributed by atoms with Crippen molar-refractivity contribution < 1.29 is 0 Å². The number of likely N-dealkylation sites (tertiary alicyclic amines) is 1. The number of fused-ring (bicyclic) bond motifs is 1. The molecule has 1 aliphatic heterocycles. The molecule has 2 aromatic rings. The van der Waals surface area contributed by atoms with Gasteiger partial charge in [0.2, 0.25) is 0 Å². The molecule has 6 heteroatoms. The molecule has 1 aromatic heterocycles. The van der Waals surface area contributed by atoms with Gasteiger partial charge in [0.25, 0.3) is 0 Å². The van der Waals surface area contributed by atoms with Gasteiger partial charge in [0.05, 0.1) is 12.2 Å². The fourth-order valence-electron chi connectivity index (χ4n) is 3.89. The van der Waals surface area contributed by atoms with Crippen LogP contribution in [0.1, 0.15) is 32.4 Å². The van der Waals surface area contributed by atoms with E-state index in [2.05, 4.69) is 64.7 Å². The summed E-state index contributed by atoms with van der Waals surface area (Å²) in [6.07, 6.45) is 4.63. The molecule has 0 bridgehead atoms. The average molecular weight is 479 g/mol. The summed E-state index contributed by atoms with van der Waals surface area (Å²) < 4.78 is 0. The van der Waals surface area contributed by atoms with Gasteiger partial charge in [-0.2, -0.15) is 0 Å². The van der Waals surface area contributed by atoms with Gasteiger partial charge in [0.1, 0.15) is 0 Å². The Morgan fingerprint density at radius 2 is 2.04 bits per heavy atom. The number of rotatable bonds is 5. The van der Waals surface area contributed by atoms with E-state index in [0.29, 0.717) is 18.5 Å². The Morgan fingerprint density at radius 3 is 2.81 bits per heavy atom. The molecule has 2 fully saturated rings. The van der Waals surface area contributed by atoms with E-state index in [1.54, 1.807) is 0 Å². The summed E-state index contributed by atoms with van der Waals surface area (Å²) in [6, 6.07) is 11.7. The Morgan fingerprint density at radius 1 is 1.22 bits per heavy atom. The van der Waals surface area contributed by atoms with E-state index in [4.69, 9.17) is 4.99 Å². The van der Waals surface area contributed by atoms with Crippen LogP contribution in [0.25, 0.3) is 10.8 Å². The molecule has 2 atom stereocenters. The minimum Gasteiger partial charge on any atom is -0.357 e. The molecular weight excluding hydrogens is 449 g/mol. The van der Waals surface area contributed by atoms with Crippen molar-refractivity contribution in [3.05, 3.63) is 42.2 Å². The number of aromatic nitrogens is 1.